The van der Waals surface area contributed by atoms with Gasteiger partial charge in [0.05, 0.1) is 0 Å². The van der Waals surface area contributed by atoms with E-state index in [0.29, 0.717) is 23.0 Å². The Labute approximate surface area is 99.2 Å². The smallest absolute Gasteiger partial charge is 0.150 e. The Bertz CT molecular complexity index is 556. The highest BCUT2D eigenvalue weighted by atomic mass is 19.1. The number of aldehydes is 1. The van der Waals surface area contributed by atoms with Crippen molar-refractivity contribution in [2.24, 2.45) is 0 Å². The van der Waals surface area contributed by atoms with Gasteiger partial charge in [0.25, 0.3) is 0 Å². The van der Waals surface area contributed by atoms with Crippen LogP contribution in [0.2, 0.25) is 0 Å². The summed E-state index contributed by atoms with van der Waals surface area (Å²) >= 11 is 0. The van der Waals surface area contributed by atoms with E-state index in [4.69, 9.17) is 0 Å². The number of halogens is 1. The lowest BCUT2D eigenvalue weighted by Crippen LogP contribution is -1.91. The van der Waals surface area contributed by atoms with Gasteiger partial charge in [-0.2, -0.15) is 0 Å². The van der Waals surface area contributed by atoms with E-state index in [1.54, 1.807) is 24.3 Å². The van der Waals surface area contributed by atoms with Crippen LogP contribution < -0.4 is 0 Å². The zero-order valence-corrected chi connectivity index (χ0v) is 9.19. The molecule has 84 valence electrons. The molecule has 2 aromatic carbocycles. The van der Waals surface area contributed by atoms with Gasteiger partial charge >= 0.3 is 0 Å². The van der Waals surface area contributed by atoms with E-state index in [-0.39, 0.29) is 5.82 Å². The predicted octanol–water partition coefficient (Wildman–Crippen LogP) is 3.95. The van der Waals surface area contributed by atoms with Crippen LogP contribution in [-0.2, 0) is 0 Å². The summed E-state index contributed by atoms with van der Waals surface area (Å²) in [4.78, 5) is 10.9. The number of hydrogen-bond acceptors (Lipinski definition) is 1. The highest BCUT2D eigenvalue weighted by molar-refractivity contribution is 5.87. The van der Waals surface area contributed by atoms with Crippen LogP contribution in [0.25, 0.3) is 17.2 Å². The standard InChI is InChI=1S/C15H11FO/c1-2-11-6-8-12(9-7-11)15-13(10-17)4-3-5-14(15)16/h2-10H,1H2. The monoisotopic (exact) mass is 226 g/mol. The van der Waals surface area contributed by atoms with Gasteiger partial charge in [-0.15, -0.1) is 0 Å². The fourth-order valence-corrected chi connectivity index (χ4v) is 1.73. The SMILES string of the molecule is C=Cc1ccc(-c2c(F)cccc2C=O)cc1. The Morgan fingerprint density at radius 1 is 1.06 bits per heavy atom. The molecule has 0 spiro atoms. The third-order valence-electron chi connectivity index (χ3n) is 2.61. The second-order valence-corrected chi connectivity index (χ2v) is 3.65. The minimum absolute atomic E-state index is 0.345. The summed E-state index contributed by atoms with van der Waals surface area (Å²) in [6.07, 6.45) is 2.38. The second-order valence-electron chi connectivity index (χ2n) is 3.65. The quantitative estimate of drug-likeness (QED) is 0.724. The molecule has 17 heavy (non-hydrogen) atoms. The molecule has 0 fully saturated rings. The minimum Gasteiger partial charge on any atom is -0.298 e. The predicted molar refractivity (Wildman–Crippen MR) is 67.3 cm³/mol. The largest absolute Gasteiger partial charge is 0.298 e. The first-order valence-electron chi connectivity index (χ1n) is 5.23. The minimum atomic E-state index is -0.388. The first kappa shape index (κ1) is 11.3. The van der Waals surface area contributed by atoms with Crippen molar-refractivity contribution >= 4 is 12.4 Å². The molecule has 0 heterocycles. The van der Waals surface area contributed by atoms with Crippen LogP contribution in [0.5, 0.6) is 0 Å². The van der Waals surface area contributed by atoms with E-state index in [1.165, 1.54) is 12.1 Å². The average molecular weight is 226 g/mol. The fraction of sp³-hybridized carbons (Fsp3) is 0. The molecule has 0 aromatic heterocycles. The van der Waals surface area contributed by atoms with Gasteiger partial charge in [-0.05, 0) is 17.2 Å². The van der Waals surface area contributed by atoms with Gasteiger partial charge in [0.2, 0.25) is 0 Å². The molecule has 0 amide bonds. The van der Waals surface area contributed by atoms with Crippen LogP contribution in [0.15, 0.2) is 49.0 Å². The van der Waals surface area contributed by atoms with Gasteiger partial charge in [0, 0.05) is 11.1 Å². The molecule has 0 saturated carbocycles. The third kappa shape index (κ3) is 2.16. The maximum Gasteiger partial charge on any atom is 0.150 e. The van der Waals surface area contributed by atoms with E-state index in [0.717, 1.165) is 5.56 Å². The normalized spacial score (nSPS) is 9.94. The molecular weight excluding hydrogens is 215 g/mol. The summed E-state index contributed by atoms with van der Waals surface area (Å²) in [6, 6.07) is 11.7. The van der Waals surface area contributed by atoms with Crippen molar-refractivity contribution in [2.75, 3.05) is 0 Å². The number of rotatable bonds is 3. The van der Waals surface area contributed by atoms with Crippen molar-refractivity contribution in [2.45, 2.75) is 0 Å². The van der Waals surface area contributed by atoms with Crippen LogP contribution in [0, 0.1) is 5.82 Å². The van der Waals surface area contributed by atoms with Crippen molar-refractivity contribution in [3.63, 3.8) is 0 Å². The van der Waals surface area contributed by atoms with E-state index >= 15 is 0 Å². The van der Waals surface area contributed by atoms with Gasteiger partial charge in [-0.1, -0.05) is 49.1 Å². The number of carbonyl (C=O) groups is 1. The van der Waals surface area contributed by atoms with Crippen LogP contribution in [0.4, 0.5) is 4.39 Å². The van der Waals surface area contributed by atoms with Crippen LogP contribution >= 0.6 is 0 Å². The van der Waals surface area contributed by atoms with Gasteiger partial charge < -0.3 is 0 Å². The van der Waals surface area contributed by atoms with Gasteiger partial charge in [-0.25, -0.2) is 4.39 Å². The zero-order chi connectivity index (χ0) is 12.3. The highest BCUT2D eigenvalue weighted by Crippen LogP contribution is 2.26. The molecule has 0 saturated heterocycles. The summed E-state index contributed by atoms with van der Waals surface area (Å²) in [5.41, 5.74) is 2.35. The van der Waals surface area contributed by atoms with Gasteiger partial charge in [-0.3, -0.25) is 4.79 Å². The number of carbonyl (C=O) groups excluding carboxylic acids is 1. The molecule has 0 unspecified atom stereocenters. The summed E-state index contributed by atoms with van der Waals surface area (Å²) in [6.45, 7) is 3.65. The maximum atomic E-state index is 13.7. The van der Waals surface area contributed by atoms with E-state index in [9.17, 15) is 9.18 Å². The molecule has 0 aliphatic heterocycles. The summed E-state index contributed by atoms with van der Waals surface area (Å²) < 4.78 is 13.7. The molecule has 2 aromatic rings. The lowest BCUT2D eigenvalue weighted by Gasteiger charge is -2.06. The lowest BCUT2D eigenvalue weighted by molar-refractivity contribution is 0.112. The Balaban J connectivity index is 2.58. The van der Waals surface area contributed by atoms with Crippen LogP contribution in [-0.4, -0.2) is 6.29 Å². The molecule has 0 aliphatic rings. The zero-order valence-electron chi connectivity index (χ0n) is 9.19. The number of benzene rings is 2. The summed E-state index contributed by atoms with van der Waals surface area (Å²) in [5, 5.41) is 0. The Kier molecular flexibility index (Phi) is 3.15. The van der Waals surface area contributed by atoms with E-state index in [2.05, 4.69) is 6.58 Å². The summed E-state index contributed by atoms with van der Waals surface area (Å²) in [5.74, 6) is -0.388. The molecule has 0 N–H and O–H groups in total. The van der Waals surface area contributed by atoms with Gasteiger partial charge in [0.1, 0.15) is 5.82 Å². The molecule has 0 aliphatic carbocycles. The Hall–Kier alpha value is -2.22. The summed E-state index contributed by atoms with van der Waals surface area (Å²) in [7, 11) is 0. The molecule has 2 heteroatoms. The van der Waals surface area contributed by atoms with Crippen LogP contribution in [0.1, 0.15) is 15.9 Å². The van der Waals surface area contributed by atoms with E-state index in [1.807, 2.05) is 12.1 Å². The Morgan fingerprint density at radius 2 is 1.76 bits per heavy atom. The molecule has 0 atom stereocenters. The molecular formula is C15H11FO. The molecule has 0 bridgehead atoms. The van der Waals surface area contributed by atoms with Gasteiger partial charge in [0.15, 0.2) is 6.29 Å². The van der Waals surface area contributed by atoms with Crippen molar-refractivity contribution in [1.29, 1.82) is 0 Å². The Morgan fingerprint density at radius 3 is 2.35 bits per heavy atom. The topological polar surface area (TPSA) is 17.1 Å². The van der Waals surface area contributed by atoms with Crippen molar-refractivity contribution in [3.8, 4) is 11.1 Å². The first-order chi connectivity index (χ1) is 8.26. The van der Waals surface area contributed by atoms with Crippen molar-refractivity contribution in [3.05, 3.63) is 66.0 Å². The van der Waals surface area contributed by atoms with E-state index < -0.39 is 0 Å². The lowest BCUT2D eigenvalue weighted by atomic mass is 9.99. The fourth-order valence-electron chi connectivity index (χ4n) is 1.73. The van der Waals surface area contributed by atoms with Crippen LogP contribution in [0.3, 0.4) is 0 Å². The molecule has 2 rings (SSSR count). The highest BCUT2D eigenvalue weighted by Gasteiger charge is 2.09. The maximum absolute atomic E-state index is 13.7. The molecule has 1 nitrogen and oxygen atoms in total. The molecule has 0 radical (unpaired) electrons. The first-order valence-corrected chi connectivity index (χ1v) is 5.23. The third-order valence-corrected chi connectivity index (χ3v) is 2.61. The second kappa shape index (κ2) is 4.74. The van der Waals surface area contributed by atoms with Crippen molar-refractivity contribution < 1.29 is 9.18 Å². The van der Waals surface area contributed by atoms with Crippen molar-refractivity contribution in [1.82, 2.24) is 0 Å². The average Bonchev–Trinajstić information content (AvgIpc) is 2.38. The number of hydrogen-bond donors (Lipinski definition) is 0.